The molecule has 7 nitrogen and oxygen atoms in total. The molecule has 38 heavy (non-hydrogen) atoms. The van der Waals surface area contributed by atoms with E-state index in [4.69, 9.17) is 0 Å². The average Bonchev–Trinajstić information content (AvgIpc) is 2.89. The zero-order valence-electron chi connectivity index (χ0n) is 21.3. The summed E-state index contributed by atoms with van der Waals surface area (Å²) in [4.78, 5) is 27.8. The van der Waals surface area contributed by atoms with Gasteiger partial charge >= 0.3 is 0 Å². The van der Waals surface area contributed by atoms with Gasteiger partial charge in [-0.3, -0.25) is 13.9 Å². The number of halogens is 2. The predicted molar refractivity (Wildman–Crippen MR) is 143 cm³/mol. The Morgan fingerprint density at radius 2 is 1.50 bits per heavy atom. The Labute approximate surface area is 222 Å². The van der Waals surface area contributed by atoms with E-state index in [0.717, 1.165) is 22.2 Å². The molecule has 0 saturated heterocycles. The molecule has 3 rings (SSSR count). The third-order valence-corrected chi connectivity index (χ3v) is 7.27. The fraction of sp³-hybridized carbons (Fsp3) is 0.286. The van der Waals surface area contributed by atoms with Gasteiger partial charge in [0.15, 0.2) is 0 Å². The van der Waals surface area contributed by atoms with Crippen LogP contribution in [0.2, 0.25) is 0 Å². The molecule has 3 aromatic rings. The number of nitrogens with one attached hydrogen (secondary N) is 1. The second-order valence-electron chi connectivity index (χ2n) is 8.82. The van der Waals surface area contributed by atoms with Crippen LogP contribution in [-0.4, -0.2) is 51.0 Å². The van der Waals surface area contributed by atoms with Crippen LogP contribution in [0.15, 0.2) is 78.9 Å². The maximum absolute atomic E-state index is 14.6. The minimum absolute atomic E-state index is 0.0554. The number of hydrogen-bond donors (Lipinski definition) is 1. The normalized spacial score (nSPS) is 12.0. The quantitative estimate of drug-likeness (QED) is 0.376. The van der Waals surface area contributed by atoms with Crippen molar-refractivity contribution in [3.8, 4) is 0 Å². The zero-order valence-corrected chi connectivity index (χ0v) is 22.1. The first-order valence-corrected chi connectivity index (χ1v) is 14.0. The van der Waals surface area contributed by atoms with E-state index in [1.165, 1.54) is 42.3 Å². The van der Waals surface area contributed by atoms with Crippen LogP contribution in [0.5, 0.6) is 0 Å². The van der Waals surface area contributed by atoms with Crippen LogP contribution in [0.1, 0.15) is 24.0 Å². The molecule has 0 radical (unpaired) electrons. The highest BCUT2D eigenvalue weighted by Gasteiger charge is 2.30. The maximum atomic E-state index is 14.6. The van der Waals surface area contributed by atoms with Gasteiger partial charge in [0.2, 0.25) is 21.8 Å². The van der Waals surface area contributed by atoms with Gasteiger partial charge in [-0.15, -0.1) is 0 Å². The van der Waals surface area contributed by atoms with E-state index >= 15 is 0 Å². The first-order chi connectivity index (χ1) is 18.1. The van der Waals surface area contributed by atoms with Gasteiger partial charge in [-0.05, 0) is 30.2 Å². The molecule has 0 bridgehead atoms. The molecule has 0 spiro atoms. The molecule has 10 heteroatoms. The van der Waals surface area contributed by atoms with Crippen LogP contribution >= 0.6 is 0 Å². The van der Waals surface area contributed by atoms with Gasteiger partial charge in [0.25, 0.3) is 0 Å². The molecular weight excluding hydrogens is 512 g/mol. The Bertz CT molecular complexity index is 1350. The van der Waals surface area contributed by atoms with Crippen LogP contribution < -0.4 is 9.62 Å². The van der Waals surface area contributed by atoms with Crippen LogP contribution in [-0.2, 0) is 32.6 Å². The summed E-state index contributed by atoms with van der Waals surface area (Å²) in [6.45, 7) is -0.304. The summed E-state index contributed by atoms with van der Waals surface area (Å²) in [5.41, 5.74) is 0.945. The standard InChI is InChI=1S/C28H31F2N3O4S/c1-31-28(35)26(19-21-11-4-3-5-12-21)32(20-22-13-6-7-14-23(22)29)27(34)17-10-18-33(38(2,36)37)25-16-9-8-15-24(25)30/h3-9,11-16,26H,10,17-20H2,1-2H3,(H,31,35)/t26-/m0/s1. The molecule has 0 aliphatic carbocycles. The van der Waals surface area contributed by atoms with E-state index in [-0.39, 0.29) is 43.6 Å². The molecule has 0 heterocycles. The molecule has 202 valence electrons. The summed E-state index contributed by atoms with van der Waals surface area (Å²) in [5, 5.41) is 2.59. The summed E-state index contributed by atoms with van der Waals surface area (Å²) >= 11 is 0. The lowest BCUT2D eigenvalue weighted by molar-refractivity contribution is -0.141. The number of carbonyl (C=O) groups excluding carboxylic acids is 2. The highest BCUT2D eigenvalue weighted by atomic mass is 32.2. The minimum Gasteiger partial charge on any atom is -0.357 e. The maximum Gasteiger partial charge on any atom is 0.242 e. The van der Waals surface area contributed by atoms with Crippen LogP contribution in [0.4, 0.5) is 14.5 Å². The SMILES string of the molecule is CNC(=O)[C@H](Cc1ccccc1)N(Cc1ccccc1F)C(=O)CCCN(c1ccccc1F)S(C)(=O)=O. The molecule has 0 aliphatic heterocycles. The number of hydrogen-bond acceptors (Lipinski definition) is 4. The topological polar surface area (TPSA) is 86.8 Å². The first kappa shape index (κ1) is 28.8. The fourth-order valence-corrected chi connectivity index (χ4v) is 5.13. The number of rotatable bonds is 12. The van der Waals surface area contributed by atoms with Gasteiger partial charge in [0, 0.05) is 38.5 Å². The van der Waals surface area contributed by atoms with Crippen LogP contribution in [0, 0.1) is 11.6 Å². The van der Waals surface area contributed by atoms with E-state index in [2.05, 4.69) is 5.32 Å². The Balaban J connectivity index is 1.86. The van der Waals surface area contributed by atoms with Gasteiger partial charge in [0.1, 0.15) is 17.7 Å². The Hall–Kier alpha value is -3.79. The number of nitrogens with zero attached hydrogens (tertiary/aromatic N) is 2. The Morgan fingerprint density at radius 3 is 2.11 bits per heavy atom. The number of anilines is 1. The number of sulfonamides is 1. The highest BCUT2D eigenvalue weighted by molar-refractivity contribution is 7.92. The summed E-state index contributed by atoms with van der Waals surface area (Å²) in [6.07, 6.45) is 1.08. The van der Waals surface area contributed by atoms with Gasteiger partial charge in [-0.25, -0.2) is 17.2 Å². The highest BCUT2D eigenvalue weighted by Crippen LogP contribution is 2.23. The van der Waals surface area contributed by atoms with E-state index in [9.17, 15) is 26.8 Å². The van der Waals surface area contributed by atoms with Gasteiger partial charge < -0.3 is 10.2 Å². The number of amides is 2. The van der Waals surface area contributed by atoms with Gasteiger partial charge in [-0.1, -0.05) is 60.7 Å². The Kier molecular flexibility index (Phi) is 9.95. The van der Waals surface area contributed by atoms with E-state index in [0.29, 0.717) is 0 Å². The summed E-state index contributed by atoms with van der Waals surface area (Å²) in [6, 6.07) is 19.7. The molecule has 2 amide bonds. The van der Waals surface area contributed by atoms with Crippen LogP contribution in [0.25, 0.3) is 0 Å². The second-order valence-corrected chi connectivity index (χ2v) is 10.7. The lowest BCUT2D eigenvalue weighted by Crippen LogP contribution is -2.50. The van der Waals surface area contributed by atoms with Crippen molar-refractivity contribution < 1.29 is 26.8 Å². The lowest BCUT2D eigenvalue weighted by Gasteiger charge is -2.31. The van der Waals surface area contributed by atoms with Crippen molar-refractivity contribution in [1.82, 2.24) is 10.2 Å². The van der Waals surface area contributed by atoms with Crippen molar-refractivity contribution in [2.24, 2.45) is 0 Å². The van der Waals surface area contributed by atoms with E-state index in [1.807, 2.05) is 30.3 Å². The smallest absolute Gasteiger partial charge is 0.242 e. The van der Waals surface area contributed by atoms with Crippen molar-refractivity contribution >= 4 is 27.5 Å². The van der Waals surface area contributed by atoms with Gasteiger partial charge in [-0.2, -0.15) is 0 Å². The molecule has 1 atom stereocenters. The van der Waals surface area contributed by atoms with Crippen molar-refractivity contribution in [1.29, 1.82) is 0 Å². The third-order valence-electron chi connectivity index (χ3n) is 6.09. The third kappa shape index (κ3) is 7.61. The monoisotopic (exact) mass is 543 g/mol. The number of benzene rings is 3. The summed E-state index contributed by atoms with van der Waals surface area (Å²) in [7, 11) is -2.37. The molecule has 3 aromatic carbocycles. The zero-order chi connectivity index (χ0) is 27.7. The Morgan fingerprint density at radius 1 is 0.895 bits per heavy atom. The van der Waals surface area contributed by atoms with Gasteiger partial charge in [0.05, 0.1) is 11.9 Å². The van der Waals surface area contributed by atoms with Crippen molar-refractivity contribution in [2.75, 3.05) is 24.2 Å². The number of carbonyl (C=O) groups is 2. The number of likely N-dealkylation sites (N-methyl/N-ethyl adjacent to an activating group) is 1. The summed E-state index contributed by atoms with van der Waals surface area (Å²) in [5.74, 6) is -2.08. The minimum atomic E-state index is -3.83. The number of para-hydroxylation sites is 1. The molecule has 0 fully saturated rings. The van der Waals surface area contributed by atoms with E-state index < -0.39 is 39.5 Å². The largest absolute Gasteiger partial charge is 0.357 e. The second kappa shape index (κ2) is 13.1. The van der Waals surface area contributed by atoms with Crippen molar-refractivity contribution in [2.45, 2.75) is 31.8 Å². The molecule has 0 aliphatic rings. The fourth-order valence-electron chi connectivity index (χ4n) is 4.17. The molecule has 0 aromatic heterocycles. The molecule has 1 N–H and O–H groups in total. The first-order valence-electron chi connectivity index (χ1n) is 12.1. The molecule has 0 unspecified atom stereocenters. The van der Waals surface area contributed by atoms with Crippen molar-refractivity contribution in [3.63, 3.8) is 0 Å². The average molecular weight is 544 g/mol. The van der Waals surface area contributed by atoms with Crippen molar-refractivity contribution in [3.05, 3.63) is 102 Å². The summed E-state index contributed by atoms with van der Waals surface area (Å²) < 4.78 is 54.6. The van der Waals surface area contributed by atoms with E-state index in [1.54, 1.807) is 12.1 Å². The molecule has 0 saturated carbocycles. The predicted octanol–water partition coefficient (Wildman–Crippen LogP) is 3.90. The van der Waals surface area contributed by atoms with Crippen LogP contribution in [0.3, 0.4) is 0 Å². The lowest BCUT2D eigenvalue weighted by atomic mass is 10.0. The molecular formula is C28H31F2N3O4S.